The molecule has 0 fully saturated rings. The fourth-order valence-electron chi connectivity index (χ4n) is 2.70. The molecule has 3 rings (SSSR count). The minimum absolute atomic E-state index is 0.224. The summed E-state index contributed by atoms with van der Waals surface area (Å²) in [6.45, 7) is 3.75. The number of fused-ring (bicyclic) bond motifs is 1. The zero-order chi connectivity index (χ0) is 19.6. The van der Waals surface area contributed by atoms with Crippen molar-refractivity contribution in [1.82, 2.24) is 4.98 Å². The number of carbonyl (C=O) groups excluding carboxylic acids is 1. The normalized spacial score (nSPS) is 10.7. The lowest BCUT2D eigenvalue weighted by Crippen LogP contribution is -2.10. The van der Waals surface area contributed by atoms with Gasteiger partial charge in [0.1, 0.15) is 17.1 Å². The van der Waals surface area contributed by atoms with Crippen molar-refractivity contribution in [2.45, 2.75) is 13.8 Å². The average Bonchev–Trinajstić information content (AvgIpc) is 2.63. The number of benzene rings is 2. The fourth-order valence-corrected chi connectivity index (χ4v) is 3.21. The molecule has 0 amide bonds. The molecule has 3 aromatic rings. The van der Waals surface area contributed by atoms with Gasteiger partial charge >= 0.3 is 5.97 Å². The summed E-state index contributed by atoms with van der Waals surface area (Å²) in [5.41, 5.74) is 2.30. The molecule has 0 spiro atoms. The zero-order valence-corrected chi connectivity index (χ0v) is 16.7. The lowest BCUT2D eigenvalue weighted by Gasteiger charge is -2.16. The van der Waals surface area contributed by atoms with Gasteiger partial charge in [-0.05, 0) is 53.5 Å². The quantitative estimate of drug-likeness (QED) is 0.548. The van der Waals surface area contributed by atoms with Crippen LogP contribution in [0.4, 0.5) is 15.8 Å². The maximum absolute atomic E-state index is 14.4. The Labute approximate surface area is 164 Å². The first-order chi connectivity index (χ1) is 12.9. The number of halogens is 2. The number of nitrogens with zero attached hydrogens (tertiary/aromatic N) is 1. The highest BCUT2D eigenvalue weighted by molar-refractivity contribution is 9.10. The van der Waals surface area contributed by atoms with Gasteiger partial charge in [0.2, 0.25) is 0 Å². The standard InChI is InChI=1S/C20H18BrFN2O3/c1-4-27-20(25)13-10-23-17-9-18(26-3)14(21)8-12(17)19(13)24-16-6-5-11(2)7-15(16)22/h5-10H,4H2,1-3H3,(H,23,24). The molecule has 0 radical (unpaired) electrons. The van der Waals surface area contributed by atoms with Gasteiger partial charge in [0, 0.05) is 17.6 Å². The molecular formula is C20H18BrFN2O3. The predicted octanol–water partition coefficient (Wildman–Crippen LogP) is 5.37. The molecular weight excluding hydrogens is 415 g/mol. The SMILES string of the molecule is CCOC(=O)c1cnc2cc(OC)c(Br)cc2c1Nc1ccc(C)cc1F. The highest BCUT2D eigenvalue weighted by Gasteiger charge is 2.19. The van der Waals surface area contributed by atoms with Crippen molar-refractivity contribution >= 4 is 44.2 Å². The second-order valence-corrected chi connectivity index (χ2v) is 6.73. The summed E-state index contributed by atoms with van der Waals surface area (Å²) in [5, 5.41) is 3.67. The van der Waals surface area contributed by atoms with Gasteiger partial charge in [0.25, 0.3) is 0 Å². The van der Waals surface area contributed by atoms with Gasteiger partial charge in [0.15, 0.2) is 0 Å². The number of hydrogen-bond acceptors (Lipinski definition) is 5. The number of nitrogens with one attached hydrogen (secondary N) is 1. The van der Waals surface area contributed by atoms with Crippen molar-refractivity contribution in [3.8, 4) is 5.75 Å². The largest absolute Gasteiger partial charge is 0.495 e. The van der Waals surface area contributed by atoms with E-state index in [0.29, 0.717) is 26.8 Å². The van der Waals surface area contributed by atoms with E-state index in [0.717, 1.165) is 5.56 Å². The van der Waals surface area contributed by atoms with Crippen molar-refractivity contribution in [2.24, 2.45) is 0 Å². The lowest BCUT2D eigenvalue weighted by molar-refractivity contribution is 0.0527. The van der Waals surface area contributed by atoms with Crippen molar-refractivity contribution in [3.63, 3.8) is 0 Å². The first-order valence-corrected chi connectivity index (χ1v) is 9.10. The summed E-state index contributed by atoms with van der Waals surface area (Å²) in [7, 11) is 1.56. The maximum Gasteiger partial charge on any atom is 0.341 e. The van der Waals surface area contributed by atoms with E-state index in [9.17, 15) is 9.18 Å². The van der Waals surface area contributed by atoms with E-state index in [2.05, 4.69) is 26.2 Å². The molecule has 0 unspecified atom stereocenters. The molecule has 1 aromatic heterocycles. The number of esters is 1. The Morgan fingerprint density at radius 2 is 2.07 bits per heavy atom. The van der Waals surface area contributed by atoms with Gasteiger partial charge in [-0.15, -0.1) is 0 Å². The van der Waals surface area contributed by atoms with E-state index in [4.69, 9.17) is 9.47 Å². The molecule has 0 bridgehead atoms. The molecule has 0 aliphatic heterocycles. The van der Waals surface area contributed by atoms with Crippen LogP contribution >= 0.6 is 15.9 Å². The highest BCUT2D eigenvalue weighted by atomic mass is 79.9. The number of anilines is 2. The summed E-state index contributed by atoms with van der Waals surface area (Å²) in [6.07, 6.45) is 1.42. The third kappa shape index (κ3) is 3.88. The second kappa shape index (κ2) is 7.92. The molecule has 0 atom stereocenters. The number of rotatable bonds is 5. The third-order valence-electron chi connectivity index (χ3n) is 4.02. The average molecular weight is 433 g/mol. The molecule has 27 heavy (non-hydrogen) atoms. The monoisotopic (exact) mass is 432 g/mol. The number of hydrogen-bond donors (Lipinski definition) is 1. The van der Waals surface area contributed by atoms with Crippen molar-refractivity contribution in [3.05, 3.63) is 57.9 Å². The first kappa shape index (κ1) is 19.1. The van der Waals surface area contributed by atoms with Crippen LogP contribution in [0.15, 0.2) is 41.0 Å². The van der Waals surface area contributed by atoms with Crippen LogP contribution in [0.2, 0.25) is 0 Å². The summed E-state index contributed by atoms with van der Waals surface area (Å²) >= 11 is 3.44. The van der Waals surface area contributed by atoms with E-state index in [1.165, 1.54) is 12.3 Å². The number of pyridine rings is 1. The molecule has 1 N–H and O–H groups in total. The van der Waals surface area contributed by atoms with Crippen LogP contribution in [0.1, 0.15) is 22.8 Å². The van der Waals surface area contributed by atoms with Crippen molar-refractivity contribution < 1.29 is 18.7 Å². The van der Waals surface area contributed by atoms with Gasteiger partial charge in [-0.2, -0.15) is 0 Å². The third-order valence-corrected chi connectivity index (χ3v) is 4.64. The van der Waals surface area contributed by atoms with Crippen LogP contribution in [0, 0.1) is 12.7 Å². The molecule has 0 aliphatic rings. The van der Waals surface area contributed by atoms with Gasteiger partial charge in [-0.25, -0.2) is 9.18 Å². The summed E-state index contributed by atoms with van der Waals surface area (Å²) in [4.78, 5) is 16.8. The molecule has 0 saturated heterocycles. The molecule has 7 heteroatoms. The van der Waals surface area contributed by atoms with Crippen LogP contribution in [0.25, 0.3) is 10.9 Å². The molecule has 2 aromatic carbocycles. The van der Waals surface area contributed by atoms with Crippen molar-refractivity contribution in [2.75, 3.05) is 19.0 Å². The van der Waals surface area contributed by atoms with E-state index >= 15 is 0 Å². The topological polar surface area (TPSA) is 60.5 Å². The fraction of sp³-hybridized carbons (Fsp3) is 0.200. The van der Waals surface area contributed by atoms with Crippen molar-refractivity contribution in [1.29, 1.82) is 0 Å². The number of carbonyl (C=O) groups is 1. The van der Waals surface area contributed by atoms with Crippen LogP contribution in [-0.4, -0.2) is 24.7 Å². The Kier molecular flexibility index (Phi) is 5.60. The number of ether oxygens (including phenoxy) is 2. The van der Waals surface area contributed by atoms with Crippen LogP contribution in [0.5, 0.6) is 5.75 Å². The van der Waals surface area contributed by atoms with E-state index in [1.807, 2.05) is 6.92 Å². The maximum atomic E-state index is 14.4. The molecule has 0 saturated carbocycles. The van der Waals surface area contributed by atoms with Crippen LogP contribution < -0.4 is 10.1 Å². The number of aryl methyl sites for hydroxylation is 1. The summed E-state index contributed by atoms with van der Waals surface area (Å²) in [6, 6.07) is 8.36. The molecule has 5 nitrogen and oxygen atoms in total. The Balaban J connectivity index is 2.22. The smallest absolute Gasteiger partial charge is 0.341 e. The van der Waals surface area contributed by atoms with E-state index in [-0.39, 0.29) is 17.9 Å². The number of methoxy groups -OCH3 is 1. The Morgan fingerprint density at radius 1 is 1.30 bits per heavy atom. The molecule has 1 heterocycles. The second-order valence-electron chi connectivity index (χ2n) is 5.88. The lowest BCUT2D eigenvalue weighted by atomic mass is 10.1. The summed E-state index contributed by atoms with van der Waals surface area (Å²) in [5.74, 6) is -0.345. The van der Waals surface area contributed by atoms with Gasteiger partial charge in [-0.3, -0.25) is 4.98 Å². The summed E-state index contributed by atoms with van der Waals surface area (Å²) < 4.78 is 25.5. The van der Waals surface area contributed by atoms with Crippen LogP contribution in [0.3, 0.4) is 0 Å². The van der Waals surface area contributed by atoms with Gasteiger partial charge in [-0.1, -0.05) is 6.07 Å². The Hall–Kier alpha value is -2.67. The Bertz CT molecular complexity index is 1020. The minimum Gasteiger partial charge on any atom is -0.495 e. The Morgan fingerprint density at radius 3 is 2.74 bits per heavy atom. The van der Waals surface area contributed by atoms with Gasteiger partial charge < -0.3 is 14.8 Å². The van der Waals surface area contributed by atoms with E-state index in [1.54, 1.807) is 38.3 Å². The zero-order valence-electron chi connectivity index (χ0n) is 15.1. The van der Waals surface area contributed by atoms with E-state index < -0.39 is 11.8 Å². The highest BCUT2D eigenvalue weighted by Crippen LogP contribution is 2.36. The minimum atomic E-state index is -0.533. The number of aromatic nitrogens is 1. The van der Waals surface area contributed by atoms with Gasteiger partial charge in [0.05, 0.1) is 35.1 Å². The predicted molar refractivity (Wildman–Crippen MR) is 106 cm³/mol. The molecule has 0 aliphatic carbocycles. The first-order valence-electron chi connectivity index (χ1n) is 8.31. The van der Waals surface area contributed by atoms with Crippen LogP contribution in [-0.2, 0) is 4.74 Å². The molecule has 140 valence electrons.